The first-order chi connectivity index (χ1) is 12.8. The second-order valence-corrected chi connectivity index (χ2v) is 6.52. The fourth-order valence-electron chi connectivity index (χ4n) is 3.30. The molecule has 5 heteroatoms. The van der Waals surface area contributed by atoms with E-state index in [-0.39, 0.29) is 6.10 Å². The van der Waals surface area contributed by atoms with Gasteiger partial charge in [-0.15, -0.1) is 0 Å². The van der Waals surface area contributed by atoms with E-state index in [1.807, 2.05) is 65.2 Å². The Labute approximate surface area is 152 Å². The Kier molecular flexibility index (Phi) is 5.11. The second-order valence-electron chi connectivity index (χ2n) is 6.52. The summed E-state index contributed by atoms with van der Waals surface area (Å²) in [6.45, 7) is 1.34. The van der Waals surface area contributed by atoms with Crippen LogP contribution in [0.5, 0.6) is 0 Å². The predicted molar refractivity (Wildman–Crippen MR) is 97.2 cm³/mol. The summed E-state index contributed by atoms with van der Waals surface area (Å²) in [5, 5.41) is 10.6. The van der Waals surface area contributed by atoms with Crippen LogP contribution in [0.2, 0.25) is 0 Å². The smallest absolute Gasteiger partial charge is 0.128 e. The molecular formula is C21H22N2O3. The molecule has 0 unspecified atom stereocenters. The maximum absolute atomic E-state index is 10.6. The summed E-state index contributed by atoms with van der Waals surface area (Å²) in [4.78, 5) is 4.21. The Morgan fingerprint density at radius 3 is 2.19 bits per heavy atom. The van der Waals surface area contributed by atoms with Crippen LogP contribution in [0.25, 0.3) is 0 Å². The standard InChI is InChI=1S/C21H22N2O3/c24-19-12-23-15-22-11-18(23)20(25-13-16-7-3-1-4-8-16)21(19)26-14-17-9-5-2-6-10-17/h1-11,15,19-21,24H,12-14H2/t19-,20-,21+/m0/s1. The lowest BCUT2D eigenvalue weighted by molar-refractivity contribution is -0.151. The monoisotopic (exact) mass is 350 g/mol. The van der Waals surface area contributed by atoms with Crippen LogP contribution in [0.4, 0.5) is 0 Å². The summed E-state index contributed by atoms with van der Waals surface area (Å²) in [5.74, 6) is 0. The number of hydrogen-bond acceptors (Lipinski definition) is 4. The Morgan fingerprint density at radius 1 is 0.923 bits per heavy atom. The Balaban J connectivity index is 1.51. The van der Waals surface area contributed by atoms with E-state index in [0.29, 0.717) is 19.8 Å². The summed E-state index contributed by atoms with van der Waals surface area (Å²) in [6, 6.07) is 20.0. The van der Waals surface area contributed by atoms with E-state index >= 15 is 0 Å². The van der Waals surface area contributed by atoms with Crippen molar-refractivity contribution in [2.24, 2.45) is 0 Å². The zero-order valence-corrected chi connectivity index (χ0v) is 14.4. The van der Waals surface area contributed by atoms with Crippen molar-refractivity contribution in [3.63, 3.8) is 0 Å². The second kappa shape index (κ2) is 7.83. The molecule has 1 aliphatic heterocycles. The van der Waals surface area contributed by atoms with Gasteiger partial charge in [0.05, 0.1) is 38.0 Å². The van der Waals surface area contributed by atoms with Crippen LogP contribution in [-0.2, 0) is 29.2 Å². The van der Waals surface area contributed by atoms with Crippen LogP contribution in [-0.4, -0.2) is 26.9 Å². The number of nitrogens with zero attached hydrogens (tertiary/aromatic N) is 2. The van der Waals surface area contributed by atoms with Gasteiger partial charge in [-0.2, -0.15) is 0 Å². The minimum Gasteiger partial charge on any atom is -0.388 e. The highest BCUT2D eigenvalue weighted by Crippen LogP contribution is 2.32. The van der Waals surface area contributed by atoms with Crippen LogP contribution >= 0.6 is 0 Å². The number of aliphatic hydroxyl groups excluding tert-OH is 1. The van der Waals surface area contributed by atoms with Crippen molar-refractivity contribution in [3.05, 3.63) is 90.0 Å². The van der Waals surface area contributed by atoms with Crippen molar-refractivity contribution in [2.75, 3.05) is 0 Å². The lowest BCUT2D eigenvalue weighted by atomic mass is 10.0. The number of fused-ring (bicyclic) bond motifs is 1. The molecule has 2 aromatic carbocycles. The summed E-state index contributed by atoms with van der Waals surface area (Å²) in [7, 11) is 0. The molecule has 4 rings (SSSR count). The fourth-order valence-corrected chi connectivity index (χ4v) is 3.30. The van der Waals surface area contributed by atoms with Crippen molar-refractivity contribution in [3.8, 4) is 0 Å². The van der Waals surface area contributed by atoms with Gasteiger partial charge in [-0.1, -0.05) is 60.7 Å². The number of imidazole rings is 1. The molecular weight excluding hydrogens is 328 g/mol. The third kappa shape index (κ3) is 3.70. The van der Waals surface area contributed by atoms with E-state index in [9.17, 15) is 5.11 Å². The Bertz CT molecular complexity index is 820. The molecule has 0 amide bonds. The number of hydrogen-bond donors (Lipinski definition) is 1. The summed E-state index contributed by atoms with van der Waals surface area (Å²) in [6.07, 6.45) is 2.06. The number of aliphatic hydroxyl groups is 1. The molecule has 5 nitrogen and oxygen atoms in total. The first-order valence-corrected chi connectivity index (χ1v) is 8.80. The minimum atomic E-state index is -0.652. The summed E-state index contributed by atoms with van der Waals surface area (Å²) >= 11 is 0. The third-order valence-corrected chi connectivity index (χ3v) is 4.66. The van der Waals surface area contributed by atoms with Gasteiger partial charge in [0.1, 0.15) is 18.3 Å². The molecule has 0 fully saturated rings. The van der Waals surface area contributed by atoms with Crippen molar-refractivity contribution in [1.29, 1.82) is 0 Å². The molecule has 0 saturated heterocycles. The van der Waals surface area contributed by atoms with Gasteiger partial charge in [0, 0.05) is 0 Å². The van der Waals surface area contributed by atoms with Crippen LogP contribution in [0.1, 0.15) is 22.9 Å². The van der Waals surface area contributed by atoms with Gasteiger partial charge < -0.3 is 19.1 Å². The number of ether oxygens (including phenoxy) is 2. The number of rotatable bonds is 6. The highest BCUT2D eigenvalue weighted by Gasteiger charge is 2.38. The van der Waals surface area contributed by atoms with E-state index in [0.717, 1.165) is 16.8 Å². The Morgan fingerprint density at radius 2 is 1.54 bits per heavy atom. The van der Waals surface area contributed by atoms with Gasteiger partial charge in [0.15, 0.2) is 0 Å². The third-order valence-electron chi connectivity index (χ3n) is 4.66. The van der Waals surface area contributed by atoms with Crippen molar-refractivity contribution < 1.29 is 14.6 Å². The molecule has 2 heterocycles. The molecule has 0 spiro atoms. The predicted octanol–water partition coefficient (Wildman–Crippen LogP) is 3.10. The van der Waals surface area contributed by atoms with Crippen LogP contribution in [0.3, 0.4) is 0 Å². The molecule has 3 atom stereocenters. The molecule has 1 N–H and O–H groups in total. The molecule has 1 aromatic heterocycles. The topological polar surface area (TPSA) is 56.5 Å². The van der Waals surface area contributed by atoms with E-state index < -0.39 is 12.2 Å². The van der Waals surface area contributed by atoms with E-state index in [1.165, 1.54) is 0 Å². The average molecular weight is 350 g/mol. The summed E-state index contributed by atoms with van der Waals surface area (Å²) in [5.41, 5.74) is 3.09. The van der Waals surface area contributed by atoms with Gasteiger partial charge in [-0.05, 0) is 11.1 Å². The lowest BCUT2D eigenvalue weighted by Crippen LogP contribution is -2.43. The fraction of sp³-hybridized carbons (Fsp3) is 0.286. The molecule has 0 aliphatic carbocycles. The van der Waals surface area contributed by atoms with Gasteiger partial charge in [-0.3, -0.25) is 0 Å². The zero-order chi connectivity index (χ0) is 17.8. The quantitative estimate of drug-likeness (QED) is 0.742. The maximum Gasteiger partial charge on any atom is 0.128 e. The van der Waals surface area contributed by atoms with Crippen LogP contribution in [0.15, 0.2) is 73.2 Å². The van der Waals surface area contributed by atoms with Crippen molar-refractivity contribution in [2.45, 2.75) is 38.1 Å². The van der Waals surface area contributed by atoms with Crippen LogP contribution in [0, 0.1) is 0 Å². The van der Waals surface area contributed by atoms with E-state index in [1.54, 1.807) is 12.5 Å². The molecule has 0 bridgehead atoms. The molecule has 3 aromatic rings. The molecule has 134 valence electrons. The van der Waals surface area contributed by atoms with Gasteiger partial charge in [0.2, 0.25) is 0 Å². The van der Waals surface area contributed by atoms with Gasteiger partial charge >= 0.3 is 0 Å². The van der Waals surface area contributed by atoms with E-state index in [4.69, 9.17) is 9.47 Å². The normalized spacial score (nSPS) is 22.1. The largest absolute Gasteiger partial charge is 0.388 e. The van der Waals surface area contributed by atoms with Crippen molar-refractivity contribution in [1.82, 2.24) is 9.55 Å². The van der Waals surface area contributed by atoms with E-state index in [2.05, 4.69) is 4.98 Å². The van der Waals surface area contributed by atoms with Crippen molar-refractivity contribution >= 4 is 0 Å². The lowest BCUT2D eigenvalue weighted by Gasteiger charge is -2.36. The molecule has 0 saturated carbocycles. The average Bonchev–Trinajstić information content (AvgIpc) is 3.14. The highest BCUT2D eigenvalue weighted by atomic mass is 16.5. The van der Waals surface area contributed by atoms with Crippen LogP contribution < -0.4 is 0 Å². The van der Waals surface area contributed by atoms with Gasteiger partial charge in [0.25, 0.3) is 0 Å². The SMILES string of the molecule is O[C@H]1Cn2cncc2[C@H](OCc2ccccc2)[C@@H]1OCc1ccccc1. The zero-order valence-electron chi connectivity index (χ0n) is 14.4. The summed E-state index contributed by atoms with van der Waals surface area (Å²) < 4.78 is 14.2. The molecule has 0 radical (unpaired) electrons. The Hall–Kier alpha value is -2.47. The minimum absolute atomic E-state index is 0.370. The number of benzene rings is 2. The number of aromatic nitrogens is 2. The van der Waals surface area contributed by atoms with Gasteiger partial charge in [-0.25, -0.2) is 4.98 Å². The maximum atomic E-state index is 10.6. The molecule has 26 heavy (non-hydrogen) atoms. The first-order valence-electron chi connectivity index (χ1n) is 8.80. The first kappa shape index (κ1) is 17.0. The highest BCUT2D eigenvalue weighted by molar-refractivity contribution is 5.16. The molecule has 1 aliphatic rings.